The Morgan fingerprint density at radius 1 is 1.21 bits per heavy atom. The van der Waals surface area contributed by atoms with Crippen LogP contribution < -0.4 is 10.6 Å². The van der Waals surface area contributed by atoms with E-state index in [4.69, 9.17) is 5.73 Å². The first-order valence-corrected chi connectivity index (χ1v) is 11.8. The quantitative estimate of drug-likeness (QED) is 0.557. The maximum atomic E-state index is 12.2. The van der Waals surface area contributed by atoms with Gasteiger partial charge in [-0.3, -0.25) is 14.5 Å². The number of anilines is 1. The molecule has 0 saturated carbocycles. The largest absolute Gasteiger partial charge is 0.367 e. The van der Waals surface area contributed by atoms with E-state index in [9.17, 15) is 9.59 Å². The van der Waals surface area contributed by atoms with Crippen molar-refractivity contribution in [2.45, 2.75) is 25.9 Å². The minimum Gasteiger partial charge on any atom is -0.367 e. The lowest BCUT2D eigenvalue weighted by Crippen LogP contribution is -2.60. The molecule has 0 radical (unpaired) electrons. The van der Waals surface area contributed by atoms with E-state index < -0.39 is 5.91 Å². The van der Waals surface area contributed by atoms with Crippen molar-refractivity contribution in [1.29, 1.82) is 0 Å². The van der Waals surface area contributed by atoms with Gasteiger partial charge >= 0.3 is 0 Å². The predicted molar refractivity (Wildman–Crippen MR) is 136 cm³/mol. The van der Waals surface area contributed by atoms with Gasteiger partial charge in [0.25, 0.3) is 5.91 Å². The zero-order chi connectivity index (χ0) is 24.0. The molecule has 7 heteroatoms. The first-order chi connectivity index (χ1) is 16.4. The Labute approximate surface area is 199 Å². The summed E-state index contributed by atoms with van der Waals surface area (Å²) in [6.45, 7) is 10.2. The minimum absolute atomic E-state index is 0.0442. The summed E-state index contributed by atoms with van der Waals surface area (Å²) < 4.78 is 0. The fourth-order valence-electron chi connectivity index (χ4n) is 5.13. The minimum atomic E-state index is -0.455. The molecule has 1 aromatic heterocycles. The van der Waals surface area contributed by atoms with Gasteiger partial charge in [0.15, 0.2) is 0 Å². The lowest BCUT2D eigenvalue weighted by atomic mass is 9.96. The number of aromatic amines is 1. The van der Waals surface area contributed by atoms with Gasteiger partial charge < -0.3 is 20.5 Å². The van der Waals surface area contributed by atoms with Crippen molar-refractivity contribution in [3.63, 3.8) is 0 Å². The summed E-state index contributed by atoms with van der Waals surface area (Å²) in [7, 11) is 2.03. The molecule has 2 amide bonds. The van der Waals surface area contributed by atoms with E-state index in [1.165, 1.54) is 17.2 Å². The monoisotopic (exact) mass is 457 g/mol. The number of hydrogen-bond donors (Lipinski definition) is 2. The number of likely N-dealkylation sites (tertiary alicyclic amines) is 1. The van der Waals surface area contributed by atoms with Gasteiger partial charge in [-0.2, -0.15) is 0 Å². The van der Waals surface area contributed by atoms with Gasteiger partial charge in [-0.05, 0) is 60.0 Å². The number of primary amides is 1. The van der Waals surface area contributed by atoms with E-state index >= 15 is 0 Å². The Kier molecular flexibility index (Phi) is 5.65. The second-order valence-electron chi connectivity index (χ2n) is 9.28. The van der Waals surface area contributed by atoms with Crippen molar-refractivity contribution in [3.8, 4) is 11.3 Å². The Morgan fingerprint density at radius 3 is 2.71 bits per heavy atom. The second-order valence-corrected chi connectivity index (χ2v) is 9.28. The number of nitrogens with one attached hydrogen (secondary N) is 1. The summed E-state index contributed by atoms with van der Waals surface area (Å²) >= 11 is 0. The third-order valence-electron chi connectivity index (χ3n) is 7.37. The molecular weight excluding hydrogens is 426 g/mol. The summed E-state index contributed by atoms with van der Waals surface area (Å²) in [6, 6.07) is 12.7. The SMILES string of the molecule is C=CC(=O)N1CC(N(C)c2ccc(C(N)=O)c3[nH]c(-c4ccc5c(c4)CCN(CC)C5)cc23)C1. The molecule has 3 heterocycles. The van der Waals surface area contributed by atoms with Crippen LogP contribution in [0, 0.1) is 0 Å². The van der Waals surface area contributed by atoms with Crippen LogP contribution in [-0.4, -0.2) is 65.9 Å². The lowest BCUT2D eigenvalue weighted by molar-refractivity contribution is -0.130. The topological polar surface area (TPSA) is 85.7 Å². The Balaban J connectivity index is 1.51. The normalized spacial score (nSPS) is 16.2. The third-order valence-corrected chi connectivity index (χ3v) is 7.37. The summed E-state index contributed by atoms with van der Waals surface area (Å²) in [5, 5.41) is 0.956. The lowest BCUT2D eigenvalue weighted by Gasteiger charge is -2.44. The molecule has 0 aliphatic carbocycles. The third kappa shape index (κ3) is 3.76. The summed E-state index contributed by atoms with van der Waals surface area (Å²) in [6.07, 6.45) is 2.40. The number of H-pyrrole nitrogens is 1. The van der Waals surface area contributed by atoms with Crippen LogP contribution in [0.5, 0.6) is 0 Å². The first kappa shape index (κ1) is 22.2. The Bertz CT molecular complexity index is 1290. The van der Waals surface area contributed by atoms with Crippen molar-refractivity contribution >= 4 is 28.4 Å². The van der Waals surface area contributed by atoms with E-state index in [-0.39, 0.29) is 11.9 Å². The number of likely N-dealkylation sites (N-methyl/N-ethyl adjacent to an activating group) is 2. The highest BCUT2D eigenvalue weighted by Gasteiger charge is 2.33. The smallest absolute Gasteiger partial charge is 0.250 e. The summed E-state index contributed by atoms with van der Waals surface area (Å²) in [5.74, 6) is -0.499. The highest BCUT2D eigenvalue weighted by Crippen LogP contribution is 2.36. The maximum Gasteiger partial charge on any atom is 0.250 e. The number of nitrogens with two attached hydrogens (primary N) is 1. The molecule has 0 unspecified atom stereocenters. The Hall–Kier alpha value is -3.58. The van der Waals surface area contributed by atoms with Gasteiger partial charge in [-0.15, -0.1) is 0 Å². The van der Waals surface area contributed by atoms with E-state index in [0.717, 1.165) is 53.9 Å². The average Bonchev–Trinajstić information content (AvgIpc) is 3.26. The second kappa shape index (κ2) is 8.65. The van der Waals surface area contributed by atoms with E-state index in [2.05, 4.69) is 52.6 Å². The van der Waals surface area contributed by atoms with Crippen molar-refractivity contribution in [1.82, 2.24) is 14.8 Å². The summed E-state index contributed by atoms with van der Waals surface area (Å²) in [5.41, 5.74) is 12.8. The molecule has 0 atom stereocenters. The molecule has 5 rings (SSSR count). The average molecular weight is 458 g/mol. The molecule has 2 aliphatic rings. The van der Waals surface area contributed by atoms with Crippen LogP contribution in [0.1, 0.15) is 28.4 Å². The Morgan fingerprint density at radius 2 is 2.00 bits per heavy atom. The molecule has 3 aromatic rings. The maximum absolute atomic E-state index is 12.2. The van der Waals surface area contributed by atoms with Crippen LogP contribution >= 0.6 is 0 Å². The highest BCUT2D eigenvalue weighted by atomic mass is 16.2. The number of carbonyl (C=O) groups excluding carboxylic acids is 2. The number of aromatic nitrogens is 1. The highest BCUT2D eigenvalue weighted by molar-refractivity contribution is 6.10. The number of amides is 2. The molecule has 1 saturated heterocycles. The molecule has 2 aliphatic heterocycles. The molecule has 34 heavy (non-hydrogen) atoms. The molecule has 176 valence electrons. The number of fused-ring (bicyclic) bond motifs is 2. The van der Waals surface area contributed by atoms with E-state index in [1.54, 1.807) is 11.0 Å². The molecule has 2 aromatic carbocycles. The van der Waals surface area contributed by atoms with Crippen LogP contribution in [-0.2, 0) is 17.8 Å². The van der Waals surface area contributed by atoms with Gasteiger partial charge in [-0.1, -0.05) is 25.6 Å². The van der Waals surface area contributed by atoms with Crippen LogP contribution in [0.2, 0.25) is 0 Å². The van der Waals surface area contributed by atoms with Gasteiger partial charge in [0.1, 0.15) is 0 Å². The summed E-state index contributed by atoms with van der Waals surface area (Å²) in [4.78, 5) is 33.9. The van der Waals surface area contributed by atoms with Crippen molar-refractivity contribution in [3.05, 3.63) is 65.7 Å². The van der Waals surface area contributed by atoms with Crippen molar-refractivity contribution in [2.24, 2.45) is 5.73 Å². The van der Waals surface area contributed by atoms with Crippen LogP contribution in [0.3, 0.4) is 0 Å². The molecular formula is C27H31N5O2. The number of carbonyl (C=O) groups is 2. The molecule has 7 nitrogen and oxygen atoms in total. The molecule has 1 fully saturated rings. The van der Waals surface area contributed by atoms with Gasteiger partial charge in [0.2, 0.25) is 5.91 Å². The van der Waals surface area contributed by atoms with Crippen molar-refractivity contribution in [2.75, 3.05) is 38.1 Å². The van der Waals surface area contributed by atoms with Gasteiger partial charge in [-0.25, -0.2) is 0 Å². The first-order valence-electron chi connectivity index (χ1n) is 11.8. The van der Waals surface area contributed by atoms with Crippen molar-refractivity contribution < 1.29 is 9.59 Å². The van der Waals surface area contributed by atoms with Gasteiger partial charge in [0.05, 0.1) is 17.1 Å². The molecule has 3 N–H and O–H groups in total. The van der Waals surface area contributed by atoms with E-state index in [0.29, 0.717) is 18.7 Å². The number of rotatable bonds is 6. The van der Waals surface area contributed by atoms with Gasteiger partial charge in [0, 0.05) is 50.0 Å². The zero-order valence-electron chi connectivity index (χ0n) is 19.8. The number of nitrogens with zero attached hydrogens (tertiary/aromatic N) is 3. The number of benzene rings is 2. The predicted octanol–water partition coefficient (Wildman–Crippen LogP) is 3.14. The standard InChI is InChI=1S/C27H31N5O2/c1-4-25(33)32-15-20(16-32)30(3)24-9-8-21(27(28)34)26-22(24)13-23(29-26)18-6-7-19-14-31(5-2)11-10-17(19)12-18/h4,6-9,12-13,20,29H,1,5,10-11,14-16H2,2-3H3,(H2,28,34). The fourth-order valence-corrected chi connectivity index (χ4v) is 5.13. The molecule has 0 spiro atoms. The zero-order valence-corrected chi connectivity index (χ0v) is 19.8. The molecule has 0 bridgehead atoms. The van der Waals surface area contributed by atoms with Crippen LogP contribution in [0.4, 0.5) is 5.69 Å². The number of hydrogen-bond acceptors (Lipinski definition) is 4. The fraction of sp³-hybridized carbons (Fsp3) is 0.333. The van der Waals surface area contributed by atoms with Crippen LogP contribution in [0.15, 0.2) is 49.1 Å². The van der Waals surface area contributed by atoms with Crippen LogP contribution in [0.25, 0.3) is 22.2 Å². The van der Waals surface area contributed by atoms with E-state index in [1.807, 2.05) is 13.1 Å².